The van der Waals surface area contributed by atoms with E-state index in [1.54, 1.807) is 43.8 Å². The Morgan fingerprint density at radius 1 is 1.21 bits per heavy atom. The van der Waals surface area contributed by atoms with Crippen molar-refractivity contribution < 1.29 is 9.53 Å². The molecule has 0 aliphatic carbocycles. The molecule has 0 radical (unpaired) electrons. The van der Waals surface area contributed by atoms with Crippen molar-refractivity contribution >= 4 is 39.1 Å². The van der Waals surface area contributed by atoms with Crippen molar-refractivity contribution in [3.8, 4) is 11.4 Å². The maximum absolute atomic E-state index is 12.9. The molecule has 0 saturated carbocycles. The van der Waals surface area contributed by atoms with Crippen LogP contribution in [0.3, 0.4) is 0 Å². The van der Waals surface area contributed by atoms with Crippen LogP contribution in [0.25, 0.3) is 5.69 Å². The molecule has 0 bridgehead atoms. The Morgan fingerprint density at radius 3 is 2.54 bits per heavy atom. The van der Waals surface area contributed by atoms with E-state index in [-0.39, 0.29) is 11.2 Å². The summed E-state index contributed by atoms with van der Waals surface area (Å²) in [7, 11) is 1.77. The van der Waals surface area contributed by atoms with Crippen LogP contribution in [0.2, 0.25) is 5.02 Å². The third-order valence-corrected chi connectivity index (χ3v) is 5.22. The van der Waals surface area contributed by atoms with Crippen LogP contribution in [0.1, 0.15) is 12.6 Å². The molecule has 1 amide bonds. The average Bonchev–Trinajstić information content (AvgIpc) is 2.88. The Balaban J connectivity index is 1.83. The van der Waals surface area contributed by atoms with E-state index < -0.39 is 12.0 Å². The number of hydrogen-bond acceptors (Lipinski definition) is 3. The van der Waals surface area contributed by atoms with Crippen molar-refractivity contribution in [3.63, 3.8) is 0 Å². The average molecular weight is 465 g/mol. The highest BCUT2D eigenvalue weighted by atomic mass is 79.9. The van der Waals surface area contributed by atoms with Gasteiger partial charge >= 0.3 is 0 Å². The molecular formula is C20H19BrClN3O3. The first-order chi connectivity index (χ1) is 13.3. The highest BCUT2D eigenvalue weighted by molar-refractivity contribution is 9.10. The van der Waals surface area contributed by atoms with Gasteiger partial charge in [0.05, 0.1) is 15.9 Å². The molecule has 146 valence electrons. The first-order valence-corrected chi connectivity index (χ1v) is 9.73. The van der Waals surface area contributed by atoms with Gasteiger partial charge in [0, 0.05) is 12.1 Å². The van der Waals surface area contributed by atoms with Crippen molar-refractivity contribution in [1.29, 1.82) is 0 Å². The summed E-state index contributed by atoms with van der Waals surface area (Å²) in [4.78, 5) is 25.5. The van der Waals surface area contributed by atoms with E-state index in [4.69, 9.17) is 16.3 Å². The molecule has 2 aromatic carbocycles. The molecule has 0 spiro atoms. The molecule has 0 aliphatic heterocycles. The van der Waals surface area contributed by atoms with Crippen molar-refractivity contribution in [3.05, 3.63) is 74.1 Å². The molecule has 3 aromatic rings. The lowest BCUT2D eigenvalue weighted by Gasteiger charge is -2.15. The second-order valence-electron chi connectivity index (χ2n) is 6.26. The Morgan fingerprint density at radius 2 is 1.89 bits per heavy atom. The summed E-state index contributed by atoms with van der Waals surface area (Å²) in [6.45, 7) is 3.39. The number of benzene rings is 2. The molecule has 0 aliphatic rings. The fourth-order valence-corrected chi connectivity index (χ4v) is 3.53. The van der Waals surface area contributed by atoms with Gasteiger partial charge < -0.3 is 10.1 Å². The van der Waals surface area contributed by atoms with Crippen molar-refractivity contribution in [2.24, 2.45) is 7.05 Å². The van der Waals surface area contributed by atoms with Crippen LogP contribution in [0, 0.1) is 6.92 Å². The van der Waals surface area contributed by atoms with E-state index in [9.17, 15) is 9.59 Å². The summed E-state index contributed by atoms with van der Waals surface area (Å²) in [6, 6.07) is 14.3. The number of aromatic nitrogens is 2. The second-order valence-corrected chi connectivity index (χ2v) is 7.55. The van der Waals surface area contributed by atoms with Gasteiger partial charge in [0.15, 0.2) is 6.10 Å². The first-order valence-electron chi connectivity index (χ1n) is 8.56. The highest BCUT2D eigenvalue weighted by Gasteiger charge is 2.22. The topological polar surface area (TPSA) is 65.3 Å². The van der Waals surface area contributed by atoms with E-state index >= 15 is 0 Å². The quantitative estimate of drug-likeness (QED) is 0.612. The summed E-state index contributed by atoms with van der Waals surface area (Å²) in [6.07, 6.45) is -0.818. The lowest BCUT2D eigenvalue weighted by molar-refractivity contribution is -0.122. The Hall–Kier alpha value is -2.51. The third kappa shape index (κ3) is 4.00. The van der Waals surface area contributed by atoms with E-state index in [1.165, 1.54) is 4.68 Å². The molecule has 0 fully saturated rings. The molecule has 8 heteroatoms. The van der Waals surface area contributed by atoms with Gasteiger partial charge in [-0.15, -0.1) is 0 Å². The summed E-state index contributed by atoms with van der Waals surface area (Å²) in [5.74, 6) is 0.0615. The molecule has 1 unspecified atom stereocenters. The molecule has 28 heavy (non-hydrogen) atoms. The largest absolute Gasteiger partial charge is 0.480 e. The standard InChI is InChI=1S/C20H19BrClN3O3/c1-12-18(20(27)25(24(12)3)15-7-5-4-6-8-15)23-19(26)13(2)28-17-10-9-14(22)11-16(17)21/h4-11,13H,1-3H3,(H,23,26). The van der Waals surface area contributed by atoms with E-state index in [1.807, 2.05) is 30.3 Å². The number of nitrogens with one attached hydrogen (secondary N) is 1. The van der Waals surface area contributed by atoms with Crippen LogP contribution in [0.15, 0.2) is 57.8 Å². The monoisotopic (exact) mass is 463 g/mol. The van der Waals surface area contributed by atoms with Gasteiger partial charge in [-0.2, -0.15) is 0 Å². The van der Waals surface area contributed by atoms with E-state index in [0.717, 1.165) is 0 Å². The normalized spacial score (nSPS) is 11.9. The Kier molecular flexibility index (Phi) is 5.96. The van der Waals surface area contributed by atoms with E-state index in [0.29, 0.717) is 26.6 Å². The number of para-hydroxylation sites is 1. The van der Waals surface area contributed by atoms with Crippen molar-refractivity contribution in [2.75, 3.05) is 5.32 Å². The number of nitrogens with zero attached hydrogens (tertiary/aromatic N) is 2. The van der Waals surface area contributed by atoms with Crippen LogP contribution in [0.4, 0.5) is 5.69 Å². The molecule has 3 rings (SSSR count). The minimum Gasteiger partial charge on any atom is -0.480 e. The number of carbonyl (C=O) groups is 1. The highest BCUT2D eigenvalue weighted by Crippen LogP contribution is 2.29. The van der Waals surface area contributed by atoms with Crippen molar-refractivity contribution in [1.82, 2.24) is 9.36 Å². The van der Waals surface area contributed by atoms with Gasteiger partial charge in [-0.25, -0.2) is 4.68 Å². The number of anilines is 1. The number of ether oxygens (including phenoxy) is 1. The van der Waals surface area contributed by atoms with Gasteiger partial charge in [-0.3, -0.25) is 14.3 Å². The molecule has 1 atom stereocenters. The van der Waals surface area contributed by atoms with Crippen molar-refractivity contribution in [2.45, 2.75) is 20.0 Å². The predicted molar refractivity (Wildman–Crippen MR) is 114 cm³/mol. The van der Waals surface area contributed by atoms with Gasteiger partial charge in [0.1, 0.15) is 11.4 Å². The maximum Gasteiger partial charge on any atom is 0.295 e. The van der Waals surface area contributed by atoms with Gasteiger partial charge in [0.2, 0.25) is 0 Å². The minimum atomic E-state index is -0.818. The fourth-order valence-electron chi connectivity index (χ4n) is 2.75. The zero-order chi connectivity index (χ0) is 20.4. The van der Waals surface area contributed by atoms with Gasteiger partial charge in [0.25, 0.3) is 11.5 Å². The maximum atomic E-state index is 12.9. The number of carbonyl (C=O) groups excluding carboxylic acids is 1. The Bertz CT molecular complexity index is 1080. The molecule has 1 aromatic heterocycles. The summed E-state index contributed by atoms with van der Waals surface area (Å²) >= 11 is 9.28. The third-order valence-electron chi connectivity index (χ3n) is 4.37. The number of halogens is 2. The molecule has 1 N–H and O–H groups in total. The smallest absolute Gasteiger partial charge is 0.295 e. The minimum absolute atomic E-state index is 0.224. The summed E-state index contributed by atoms with van der Waals surface area (Å²) < 4.78 is 9.55. The molecular weight excluding hydrogens is 446 g/mol. The zero-order valence-electron chi connectivity index (χ0n) is 15.6. The predicted octanol–water partition coefficient (Wildman–Crippen LogP) is 4.31. The second kappa shape index (κ2) is 8.24. The Labute approximate surface area is 175 Å². The first kappa shape index (κ1) is 20.2. The van der Waals surface area contributed by atoms with Crippen LogP contribution in [-0.2, 0) is 11.8 Å². The lowest BCUT2D eigenvalue weighted by atomic mass is 10.3. The van der Waals surface area contributed by atoms with Crippen LogP contribution >= 0.6 is 27.5 Å². The van der Waals surface area contributed by atoms with E-state index in [2.05, 4.69) is 21.2 Å². The van der Waals surface area contributed by atoms with Crippen LogP contribution < -0.4 is 15.6 Å². The molecule has 1 heterocycles. The van der Waals surface area contributed by atoms with Crippen LogP contribution in [0.5, 0.6) is 5.75 Å². The number of rotatable bonds is 5. The SMILES string of the molecule is Cc1c(NC(=O)C(C)Oc2ccc(Cl)cc2Br)c(=O)n(-c2ccccc2)n1C. The van der Waals surface area contributed by atoms with Gasteiger partial charge in [-0.05, 0) is 60.1 Å². The van der Waals surface area contributed by atoms with Gasteiger partial charge in [-0.1, -0.05) is 29.8 Å². The lowest BCUT2D eigenvalue weighted by Crippen LogP contribution is -2.32. The summed E-state index contributed by atoms with van der Waals surface area (Å²) in [5, 5.41) is 3.25. The zero-order valence-corrected chi connectivity index (χ0v) is 17.9. The molecule has 0 saturated heterocycles. The molecule has 6 nitrogen and oxygen atoms in total. The van der Waals surface area contributed by atoms with Crippen LogP contribution in [-0.4, -0.2) is 21.4 Å². The fraction of sp³-hybridized carbons (Fsp3) is 0.200. The number of amides is 1. The summed E-state index contributed by atoms with van der Waals surface area (Å²) in [5.41, 5.74) is 1.27. The number of hydrogen-bond donors (Lipinski definition) is 1.